The molecule has 1 atom stereocenters. The van der Waals surface area contributed by atoms with Gasteiger partial charge in [-0.1, -0.05) is 19.3 Å². The molecule has 20 heavy (non-hydrogen) atoms. The van der Waals surface area contributed by atoms with E-state index in [4.69, 9.17) is 0 Å². The lowest BCUT2D eigenvalue weighted by Crippen LogP contribution is -2.46. The van der Waals surface area contributed by atoms with Gasteiger partial charge in [0.15, 0.2) is 0 Å². The van der Waals surface area contributed by atoms with Crippen molar-refractivity contribution in [2.75, 3.05) is 13.7 Å². The van der Waals surface area contributed by atoms with Crippen molar-refractivity contribution in [1.29, 1.82) is 0 Å². The van der Waals surface area contributed by atoms with Crippen molar-refractivity contribution in [3.8, 4) is 0 Å². The normalized spacial score (nSPS) is 17.1. The van der Waals surface area contributed by atoms with Crippen LogP contribution < -0.4 is 10.6 Å². The number of methoxy groups -OCH3 is 1. The Morgan fingerprint density at radius 2 is 1.85 bits per heavy atom. The molecule has 0 aromatic carbocycles. The van der Waals surface area contributed by atoms with Gasteiger partial charge in [-0.15, -0.1) is 0 Å². The van der Waals surface area contributed by atoms with Crippen LogP contribution in [0.1, 0.15) is 45.4 Å². The zero-order valence-corrected chi connectivity index (χ0v) is 12.2. The molecule has 1 saturated carbocycles. The summed E-state index contributed by atoms with van der Waals surface area (Å²) in [4.78, 5) is 34.4. The standard InChI is InChI=1S/C14H24N2O4/c1-10(14(19)15-9-13(18)20-2)16-12(17)8-11-6-4-3-5-7-11/h10-11H,3-9H2,1-2H3,(H,15,19)(H,16,17)/t10-/m1/s1. The molecule has 114 valence electrons. The molecule has 0 aliphatic heterocycles. The highest BCUT2D eigenvalue weighted by Crippen LogP contribution is 2.26. The largest absolute Gasteiger partial charge is 0.468 e. The van der Waals surface area contributed by atoms with Crippen LogP contribution >= 0.6 is 0 Å². The van der Waals surface area contributed by atoms with Crippen molar-refractivity contribution >= 4 is 17.8 Å². The fraction of sp³-hybridized carbons (Fsp3) is 0.786. The molecular weight excluding hydrogens is 260 g/mol. The quantitative estimate of drug-likeness (QED) is 0.705. The molecule has 0 saturated heterocycles. The van der Waals surface area contributed by atoms with Gasteiger partial charge in [-0.05, 0) is 25.7 Å². The Morgan fingerprint density at radius 1 is 1.20 bits per heavy atom. The lowest BCUT2D eigenvalue weighted by molar-refractivity contribution is -0.141. The Labute approximate surface area is 119 Å². The third kappa shape index (κ3) is 6.04. The molecule has 0 aromatic rings. The monoisotopic (exact) mass is 284 g/mol. The van der Waals surface area contributed by atoms with Gasteiger partial charge in [0.1, 0.15) is 12.6 Å². The molecule has 6 nitrogen and oxygen atoms in total. The van der Waals surface area contributed by atoms with E-state index in [9.17, 15) is 14.4 Å². The Morgan fingerprint density at radius 3 is 2.45 bits per heavy atom. The van der Waals surface area contributed by atoms with Gasteiger partial charge in [-0.25, -0.2) is 0 Å². The average Bonchev–Trinajstić information content (AvgIpc) is 2.45. The summed E-state index contributed by atoms with van der Waals surface area (Å²) in [6.07, 6.45) is 6.30. The minimum Gasteiger partial charge on any atom is -0.468 e. The lowest BCUT2D eigenvalue weighted by atomic mass is 9.87. The van der Waals surface area contributed by atoms with Crippen LogP contribution in [0.4, 0.5) is 0 Å². The van der Waals surface area contributed by atoms with Crippen LogP contribution in [0.15, 0.2) is 0 Å². The van der Waals surface area contributed by atoms with E-state index in [1.54, 1.807) is 6.92 Å². The smallest absolute Gasteiger partial charge is 0.325 e. The summed E-state index contributed by atoms with van der Waals surface area (Å²) in [6.45, 7) is 1.42. The molecule has 2 N–H and O–H groups in total. The summed E-state index contributed by atoms with van der Waals surface area (Å²) >= 11 is 0. The lowest BCUT2D eigenvalue weighted by Gasteiger charge is -2.22. The number of carbonyl (C=O) groups is 3. The first kappa shape index (κ1) is 16.5. The van der Waals surface area contributed by atoms with Crippen LogP contribution in [-0.4, -0.2) is 37.5 Å². The summed E-state index contributed by atoms with van der Waals surface area (Å²) in [7, 11) is 1.25. The van der Waals surface area contributed by atoms with Gasteiger partial charge in [-0.3, -0.25) is 14.4 Å². The molecule has 0 radical (unpaired) electrons. The number of carbonyl (C=O) groups excluding carboxylic acids is 3. The number of ether oxygens (including phenoxy) is 1. The fourth-order valence-corrected chi connectivity index (χ4v) is 2.40. The van der Waals surface area contributed by atoms with E-state index in [-0.39, 0.29) is 18.4 Å². The van der Waals surface area contributed by atoms with Gasteiger partial charge in [0, 0.05) is 6.42 Å². The molecule has 0 bridgehead atoms. The van der Waals surface area contributed by atoms with E-state index >= 15 is 0 Å². The summed E-state index contributed by atoms with van der Waals surface area (Å²) < 4.78 is 4.42. The van der Waals surface area contributed by atoms with Gasteiger partial charge in [-0.2, -0.15) is 0 Å². The predicted molar refractivity (Wildman–Crippen MR) is 73.8 cm³/mol. The summed E-state index contributed by atoms with van der Waals surface area (Å²) in [5.41, 5.74) is 0. The van der Waals surface area contributed by atoms with Crippen LogP contribution in [0.5, 0.6) is 0 Å². The number of rotatable bonds is 6. The third-order valence-electron chi connectivity index (χ3n) is 3.60. The van der Waals surface area contributed by atoms with E-state index in [0.717, 1.165) is 12.8 Å². The SMILES string of the molecule is COC(=O)CNC(=O)[C@@H](C)NC(=O)CC1CCCCC1. The van der Waals surface area contributed by atoms with Crippen LogP contribution in [-0.2, 0) is 19.1 Å². The maximum Gasteiger partial charge on any atom is 0.325 e. The van der Waals surface area contributed by atoms with Crippen molar-refractivity contribution in [3.05, 3.63) is 0 Å². The van der Waals surface area contributed by atoms with Crippen LogP contribution in [0.25, 0.3) is 0 Å². The molecular formula is C14H24N2O4. The molecule has 6 heteroatoms. The predicted octanol–water partition coefficient (Wildman–Crippen LogP) is 0.751. The molecule has 1 aliphatic carbocycles. The van der Waals surface area contributed by atoms with Gasteiger partial charge in [0.25, 0.3) is 0 Å². The maximum absolute atomic E-state index is 11.8. The van der Waals surface area contributed by atoms with E-state index < -0.39 is 12.0 Å². The molecule has 2 amide bonds. The topological polar surface area (TPSA) is 84.5 Å². The molecule has 1 fully saturated rings. The highest BCUT2D eigenvalue weighted by molar-refractivity contribution is 5.89. The minimum atomic E-state index is -0.643. The Balaban J connectivity index is 2.25. The zero-order valence-electron chi connectivity index (χ0n) is 12.2. The highest BCUT2D eigenvalue weighted by atomic mass is 16.5. The first-order valence-corrected chi connectivity index (χ1v) is 7.16. The molecule has 0 aromatic heterocycles. The van der Waals surface area contributed by atoms with Gasteiger partial charge < -0.3 is 15.4 Å². The molecule has 0 heterocycles. The van der Waals surface area contributed by atoms with E-state index in [1.165, 1.54) is 26.4 Å². The Kier molecular flexibility index (Phi) is 7.04. The zero-order chi connectivity index (χ0) is 15.0. The Hall–Kier alpha value is -1.59. The number of hydrogen-bond acceptors (Lipinski definition) is 4. The molecule has 1 rings (SSSR count). The van der Waals surface area contributed by atoms with Crippen molar-refractivity contribution in [3.63, 3.8) is 0 Å². The van der Waals surface area contributed by atoms with Crippen molar-refractivity contribution in [2.24, 2.45) is 5.92 Å². The third-order valence-corrected chi connectivity index (χ3v) is 3.60. The van der Waals surface area contributed by atoms with Gasteiger partial charge in [0.05, 0.1) is 7.11 Å². The summed E-state index contributed by atoms with van der Waals surface area (Å²) in [5.74, 6) is -0.557. The van der Waals surface area contributed by atoms with Crippen molar-refractivity contribution in [2.45, 2.75) is 51.5 Å². The summed E-state index contributed by atoms with van der Waals surface area (Å²) in [6, 6.07) is -0.643. The van der Waals surface area contributed by atoms with Crippen LogP contribution in [0, 0.1) is 5.92 Å². The maximum atomic E-state index is 11.8. The minimum absolute atomic E-state index is 0.0994. The molecule has 0 spiro atoms. The van der Waals surface area contributed by atoms with Crippen LogP contribution in [0.2, 0.25) is 0 Å². The number of amides is 2. The van der Waals surface area contributed by atoms with E-state index in [0.29, 0.717) is 12.3 Å². The second-order valence-electron chi connectivity index (χ2n) is 5.29. The first-order chi connectivity index (χ1) is 9.52. The number of esters is 1. The van der Waals surface area contributed by atoms with Crippen molar-refractivity contribution in [1.82, 2.24) is 10.6 Å². The van der Waals surface area contributed by atoms with E-state index in [1.807, 2.05) is 0 Å². The van der Waals surface area contributed by atoms with Crippen LogP contribution in [0.3, 0.4) is 0 Å². The van der Waals surface area contributed by atoms with Gasteiger partial charge >= 0.3 is 5.97 Å². The van der Waals surface area contributed by atoms with Crippen molar-refractivity contribution < 1.29 is 19.1 Å². The number of nitrogens with one attached hydrogen (secondary N) is 2. The average molecular weight is 284 g/mol. The second-order valence-corrected chi connectivity index (χ2v) is 5.29. The molecule has 1 aliphatic rings. The van der Waals surface area contributed by atoms with E-state index in [2.05, 4.69) is 15.4 Å². The first-order valence-electron chi connectivity index (χ1n) is 7.16. The van der Waals surface area contributed by atoms with Gasteiger partial charge in [0.2, 0.25) is 11.8 Å². The summed E-state index contributed by atoms with van der Waals surface area (Å²) in [5, 5.41) is 5.08. The highest BCUT2D eigenvalue weighted by Gasteiger charge is 2.20. The second kappa shape index (κ2) is 8.55. The number of hydrogen-bond donors (Lipinski definition) is 2. The Bertz CT molecular complexity index is 351. The molecule has 0 unspecified atom stereocenters. The fourth-order valence-electron chi connectivity index (χ4n) is 2.40.